The second-order valence-electron chi connectivity index (χ2n) is 5.26. The van der Waals surface area contributed by atoms with Gasteiger partial charge in [0.15, 0.2) is 22.9 Å². The Morgan fingerprint density at radius 2 is 1.88 bits per heavy atom. The van der Waals surface area contributed by atoms with E-state index in [1.165, 1.54) is 0 Å². The van der Waals surface area contributed by atoms with Crippen LogP contribution in [0.1, 0.15) is 0 Å². The number of pyridine rings is 1. The Morgan fingerprint density at radius 1 is 1.00 bits per heavy atom. The minimum absolute atomic E-state index is 0.370. The first kappa shape index (κ1) is 15.0. The molecule has 0 aliphatic heterocycles. The van der Waals surface area contributed by atoms with Gasteiger partial charge in [-0.05, 0) is 24.3 Å². The summed E-state index contributed by atoms with van der Waals surface area (Å²) >= 11 is 0. The highest BCUT2D eigenvalue weighted by Gasteiger charge is 2.11. The molecule has 0 saturated heterocycles. The van der Waals surface area contributed by atoms with Crippen molar-refractivity contribution in [2.75, 3.05) is 19.5 Å². The zero-order chi connectivity index (χ0) is 17.2. The number of H-pyrrole nitrogens is 1. The smallest absolute Gasteiger partial charge is 0.299 e. The van der Waals surface area contributed by atoms with E-state index >= 15 is 0 Å². The lowest BCUT2D eigenvalue weighted by molar-refractivity contribution is 0.355. The van der Waals surface area contributed by atoms with Gasteiger partial charge < -0.3 is 19.2 Å². The van der Waals surface area contributed by atoms with Crippen LogP contribution in [0, 0.1) is 0 Å². The zero-order valence-corrected chi connectivity index (χ0v) is 13.6. The Hall–Kier alpha value is -3.55. The molecule has 2 N–H and O–H groups in total. The van der Waals surface area contributed by atoms with Crippen molar-refractivity contribution in [1.29, 1.82) is 0 Å². The van der Waals surface area contributed by atoms with Crippen molar-refractivity contribution in [3.63, 3.8) is 0 Å². The number of nitrogens with one attached hydrogen (secondary N) is 2. The third-order valence-corrected chi connectivity index (χ3v) is 3.72. The predicted octanol–water partition coefficient (Wildman–Crippen LogP) is 3.37. The Kier molecular flexibility index (Phi) is 3.70. The van der Waals surface area contributed by atoms with Crippen molar-refractivity contribution in [2.45, 2.75) is 0 Å². The second-order valence-corrected chi connectivity index (χ2v) is 5.26. The number of hydrogen-bond acceptors (Lipinski definition) is 7. The van der Waals surface area contributed by atoms with Crippen molar-refractivity contribution in [2.24, 2.45) is 0 Å². The number of anilines is 2. The van der Waals surface area contributed by atoms with Gasteiger partial charge in [-0.15, -0.1) is 0 Å². The molecule has 0 bridgehead atoms. The maximum absolute atomic E-state index is 5.77. The lowest BCUT2D eigenvalue weighted by atomic mass is 10.1. The summed E-state index contributed by atoms with van der Waals surface area (Å²) in [6.45, 7) is 0. The molecule has 0 aliphatic rings. The molecule has 0 spiro atoms. The number of methoxy groups -OCH3 is 2. The van der Waals surface area contributed by atoms with Gasteiger partial charge in [0.25, 0.3) is 6.01 Å². The minimum atomic E-state index is 0.370. The van der Waals surface area contributed by atoms with Crippen LogP contribution in [0.15, 0.2) is 47.3 Å². The van der Waals surface area contributed by atoms with Gasteiger partial charge in [-0.25, -0.2) is 9.97 Å². The van der Waals surface area contributed by atoms with Crippen LogP contribution in [0.3, 0.4) is 0 Å². The van der Waals surface area contributed by atoms with Crippen LogP contribution in [-0.2, 0) is 0 Å². The van der Waals surface area contributed by atoms with Gasteiger partial charge in [0.2, 0.25) is 0 Å². The fraction of sp³-hybridized carbons (Fsp3) is 0.118. The number of hydrogen-bond donors (Lipinski definition) is 2. The average molecular weight is 337 g/mol. The fourth-order valence-corrected chi connectivity index (χ4v) is 2.48. The molecule has 3 aromatic heterocycles. The van der Waals surface area contributed by atoms with Crippen LogP contribution in [0.25, 0.3) is 22.4 Å². The predicted molar refractivity (Wildman–Crippen MR) is 92.2 cm³/mol. The van der Waals surface area contributed by atoms with Crippen LogP contribution >= 0.6 is 0 Å². The van der Waals surface area contributed by atoms with Crippen LogP contribution < -0.4 is 14.8 Å². The monoisotopic (exact) mass is 337 g/mol. The molecular weight excluding hydrogens is 322 g/mol. The number of ether oxygens (including phenoxy) is 2. The maximum atomic E-state index is 5.77. The number of aromatic amines is 1. The zero-order valence-electron chi connectivity index (χ0n) is 13.6. The molecule has 0 radical (unpaired) electrons. The van der Waals surface area contributed by atoms with Gasteiger partial charge in [-0.1, -0.05) is 0 Å². The molecule has 8 nitrogen and oxygen atoms in total. The summed E-state index contributed by atoms with van der Waals surface area (Å²) in [7, 11) is 3.19. The molecule has 0 amide bonds. The number of fused-ring (bicyclic) bond motifs is 1. The summed E-state index contributed by atoms with van der Waals surface area (Å²) in [5.41, 5.74) is 2.32. The van der Waals surface area contributed by atoms with Crippen molar-refractivity contribution >= 4 is 22.7 Å². The first-order chi connectivity index (χ1) is 12.3. The fourth-order valence-electron chi connectivity index (χ4n) is 2.48. The van der Waals surface area contributed by atoms with E-state index in [0.29, 0.717) is 23.3 Å². The molecule has 0 atom stereocenters. The first-order valence-electron chi connectivity index (χ1n) is 7.51. The van der Waals surface area contributed by atoms with Gasteiger partial charge in [0.05, 0.1) is 38.5 Å². The maximum Gasteiger partial charge on any atom is 0.299 e. The van der Waals surface area contributed by atoms with Gasteiger partial charge in [-0.2, -0.15) is 5.10 Å². The standard InChI is InChI=1S/C17H15N5O3/c1-23-13-4-3-10(6-14(13)24-2)15-9-19-17(25-15)21-12-5-11-7-20-22-16(11)18-8-12/h3-9H,1-2H3,(H,19,21)(H,18,20,22). The van der Waals surface area contributed by atoms with Gasteiger partial charge >= 0.3 is 0 Å². The van der Waals surface area contributed by atoms with E-state index in [1.807, 2.05) is 24.3 Å². The third kappa shape index (κ3) is 2.85. The molecule has 1 aromatic carbocycles. The van der Waals surface area contributed by atoms with Gasteiger partial charge in [-0.3, -0.25) is 5.10 Å². The van der Waals surface area contributed by atoms with E-state index in [2.05, 4.69) is 25.5 Å². The number of nitrogens with zero attached hydrogens (tertiary/aromatic N) is 3. The van der Waals surface area contributed by atoms with Crippen molar-refractivity contribution in [1.82, 2.24) is 20.2 Å². The molecule has 126 valence electrons. The number of oxazole rings is 1. The van der Waals surface area contributed by atoms with E-state index in [0.717, 1.165) is 22.3 Å². The molecule has 3 heterocycles. The first-order valence-corrected chi connectivity index (χ1v) is 7.51. The molecule has 8 heteroatoms. The Bertz CT molecular complexity index is 1020. The highest BCUT2D eigenvalue weighted by atomic mass is 16.5. The summed E-state index contributed by atoms with van der Waals surface area (Å²) in [6, 6.07) is 7.81. The van der Waals surface area contributed by atoms with E-state index in [-0.39, 0.29) is 0 Å². The third-order valence-electron chi connectivity index (χ3n) is 3.72. The molecule has 0 aliphatic carbocycles. The Labute approximate surface area is 142 Å². The lowest BCUT2D eigenvalue weighted by Crippen LogP contribution is -1.91. The largest absolute Gasteiger partial charge is 0.493 e. The number of aromatic nitrogens is 4. The highest BCUT2D eigenvalue weighted by Crippen LogP contribution is 2.33. The Morgan fingerprint density at radius 3 is 2.72 bits per heavy atom. The van der Waals surface area contributed by atoms with Crippen LogP contribution in [0.2, 0.25) is 0 Å². The van der Waals surface area contributed by atoms with Crippen LogP contribution in [-0.4, -0.2) is 34.4 Å². The van der Waals surface area contributed by atoms with Crippen LogP contribution in [0.4, 0.5) is 11.7 Å². The summed E-state index contributed by atoms with van der Waals surface area (Å²) in [6.07, 6.45) is 5.03. The highest BCUT2D eigenvalue weighted by molar-refractivity contribution is 5.78. The molecule has 4 aromatic rings. The second kappa shape index (κ2) is 6.16. The molecule has 0 saturated carbocycles. The van der Waals surface area contributed by atoms with Crippen molar-refractivity contribution < 1.29 is 13.9 Å². The Balaban J connectivity index is 1.59. The molecule has 0 fully saturated rings. The number of rotatable bonds is 5. The van der Waals surface area contributed by atoms with E-state index in [9.17, 15) is 0 Å². The van der Waals surface area contributed by atoms with Crippen molar-refractivity contribution in [3.05, 3.63) is 42.9 Å². The molecule has 0 unspecified atom stereocenters. The van der Waals surface area contributed by atoms with E-state index in [4.69, 9.17) is 13.9 Å². The number of benzene rings is 1. The normalized spacial score (nSPS) is 10.8. The molecular formula is C17H15N5O3. The van der Waals surface area contributed by atoms with Gasteiger partial charge in [0, 0.05) is 10.9 Å². The van der Waals surface area contributed by atoms with E-state index in [1.54, 1.807) is 32.8 Å². The average Bonchev–Trinajstić information content (AvgIpc) is 3.30. The summed E-state index contributed by atoms with van der Waals surface area (Å²) in [4.78, 5) is 8.52. The lowest BCUT2D eigenvalue weighted by Gasteiger charge is -2.08. The summed E-state index contributed by atoms with van der Waals surface area (Å²) in [5, 5.41) is 10.7. The topological polar surface area (TPSA) is 98.1 Å². The molecule has 25 heavy (non-hydrogen) atoms. The SMILES string of the molecule is COc1ccc(-c2cnc(Nc3cnc4[nH]ncc4c3)o2)cc1OC. The molecule has 4 rings (SSSR count). The van der Waals surface area contributed by atoms with Gasteiger partial charge in [0.1, 0.15) is 0 Å². The van der Waals surface area contributed by atoms with Crippen LogP contribution in [0.5, 0.6) is 11.5 Å². The summed E-state index contributed by atoms with van der Waals surface area (Å²) in [5.74, 6) is 1.89. The summed E-state index contributed by atoms with van der Waals surface area (Å²) < 4.78 is 16.3. The quantitative estimate of drug-likeness (QED) is 0.576. The minimum Gasteiger partial charge on any atom is -0.493 e. The van der Waals surface area contributed by atoms with E-state index < -0.39 is 0 Å². The van der Waals surface area contributed by atoms with Crippen molar-refractivity contribution in [3.8, 4) is 22.8 Å².